The third kappa shape index (κ3) is 5.87. The van der Waals surface area contributed by atoms with E-state index in [0.29, 0.717) is 0 Å². The summed E-state index contributed by atoms with van der Waals surface area (Å²) in [5.74, 6) is -0.537. The van der Waals surface area contributed by atoms with E-state index in [2.05, 4.69) is 26.6 Å². The van der Waals surface area contributed by atoms with Gasteiger partial charge in [0.1, 0.15) is 6.04 Å². The minimum atomic E-state index is -0.627. The van der Waals surface area contributed by atoms with Crippen LogP contribution in [0.25, 0.3) is 6.08 Å². The molecule has 5 heteroatoms. The molecule has 0 aliphatic carbocycles. The summed E-state index contributed by atoms with van der Waals surface area (Å²) in [6, 6.07) is 16.4. The van der Waals surface area contributed by atoms with Crippen LogP contribution in [0.15, 0.2) is 65.1 Å². The van der Waals surface area contributed by atoms with Gasteiger partial charge in [-0.15, -0.1) is 0 Å². The van der Waals surface area contributed by atoms with Crippen LogP contribution in [0.1, 0.15) is 31.0 Å². The van der Waals surface area contributed by atoms with Crippen molar-refractivity contribution in [3.8, 4) is 0 Å². The van der Waals surface area contributed by atoms with E-state index >= 15 is 0 Å². The number of nitrogens with one attached hydrogen (secondary N) is 2. The fourth-order valence-corrected chi connectivity index (χ4v) is 2.93. The lowest BCUT2D eigenvalue weighted by Gasteiger charge is -2.19. The molecule has 2 aromatic rings. The molecule has 0 aromatic heterocycles. The summed E-state index contributed by atoms with van der Waals surface area (Å²) in [4.78, 5) is 24.2. The number of benzene rings is 2. The largest absolute Gasteiger partial charge is 0.348 e. The monoisotopic (exact) mass is 400 g/mol. The Labute approximate surface area is 156 Å². The second-order valence-corrected chi connectivity index (χ2v) is 6.58. The SMILES string of the molecule is CC(NC(=O)/C=C/c1ccccc1)C(=O)NC(C)c1ccccc1Br. The van der Waals surface area contributed by atoms with Crippen molar-refractivity contribution in [2.75, 3.05) is 0 Å². The topological polar surface area (TPSA) is 58.2 Å². The van der Waals surface area contributed by atoms with Crippen molar-refractivity contribution in [2.24, 2.45) is 0 Å². The van der Waals surface area contributed by atoms with Crippen LogP contribution in [0.3, 0.4) is 0 Å². The van der Waals surface area contributed by atoms with E-state index in [9.17, 15) is 9.59 Å². The van der Waals surface area contributed by atoms with Gasteiger partial charge < -0.3 is 10.6 Å². The first-order valence-electron chi connectivity index (χ1n) is 8.06. The summed E-state index contributed by atoms with van der Waals surface area (Å²) < 4.78 is 0.935. The Morgan fingerprint density at radius 3 is 2.28 bits per heavy atom. The van der Waals surface area contributed by atoms with Crippen LogP contribution in [-0.2, 0) is 9.59 Å². The highest BCUT2D eigenvalue weighted by atomic mass is 79.9. The van der Waals surface area contributed by atoms with Gasteiger partial charge in [-0.25, -0.2) is 0 Å². The molecular formula is C20H21BrN2O2. The standard InChI is InChI=1S/C20H21BrN2O2/c1-14(17-10-6-7-11-18(17)21)23-20(25)15(2)22-19(24)13-12-16-8-4-3-5-9-16/h3-15H,1-2H3,(H,22,24)(H,23,25)/b13-12+. The highest BCUT2D eigenvalue weighted by molar-refractivity contribution is 9.10. The predicted molar refractivity (Wildman–Crippen MR) is 104 cm³/mol. The van der Waals surface area contributed by atoms with Crippen molar-refractivity contribution >= 4 is 33.8 Å². The summed E-state index contributed by atoms with van der Waals surface area (Å²) in [6.45, 7) is 3.57. The van der Waals surface area contributed by atoms with Crippen molar-refractivity contribution in [2.45, 2.75) is 25.9 Å². The Morgan fingerprint density at radius 1 is 0.960 bits per heavy atom. The fraction of sp³-hybridized carbons (Fsp3) is 0.200. The van der Waals surface area contributed by atoms with Gasteiger partial charge in [-0.3, -0.25) is 9.59 Å². The molecule has 0 fully saturated rings. The average molecular weight is 401 g/mol. The van der Waals surface area contributed by atoms with Crippen LogP contribution in [0.5, 0.6) is 0 Å². The van der Waals surface area contributed by atoms with Crippen LogP contribution in [0, 0.1) is 0 Å². The van der Waals surface area contributed by atoms with Crippen molar-refractivity contribution in [3.63, 3.8) is 0 Å². The highest BCUT2D eigenvalue weighted by Crippen LogP contribution is 2.22. The molecule has 2 unspecified atom stereocenters. The van der Waals surface area contributed by atoms with E-state index in [1.807, 2.05) is 61.5 Å². The first kappa shape index (κ1) is 18.9. The Morgan fingerprint density at radius 2 is 1.60 bits per heavy atom. The van der Waals surface area contributed by atoms with E-state index in [4.69, 9.17) is 0 Å². The van der Waals surface area contributed by atoms with E-state index in [0.717, 1.165) is 15.6 Å². The van der Waals surface area contributed by atoms with E-state index in [1.165, 1.54) is 6.08 Å². The molecule has 130 valence electrons. The van der Waals surface area contributed by atoms with E-state index in [-0.39, 0.29) is 17.9 Å². The Kier molecular flexibility index (Phi) is 6.95. The molecule has 0 aliphatic rings. The molecule has 2 N–H and O–H groups in total. The van der Waals surface area contributed by atoms with Crippen LogP contribution in [0.2, 0.25) is 0 Å². The van der Waals surface area contributed by atoms with Gasteiger partial charge in [-0.1, -0.05) is 64.5 Å². The van der Waals surface area contributed by atoms with Crippen molar-refractivity contribution in [1.82, 2.24) is 10.6 Å². The number of halogens is 1. The average Bonchev–Trinajstić information content (AvgIpc) is 2.61. The molecule has 0 spiro atoms. The number of amides is 2. The van der Waals surface area contributed by atoms with Crippen LogP contribution >= 0.6 is 15.9 Å². The Balaban J connectivity index is 1.88. The molecule has 2 atom stereocenters. The molecule has 0 aliphatic heterocycles. The Bertz CT molecular complexity index is 759. The van der Waals surface area contributed by atoms with Gasteiger partial charge in [0.15, 0.2) is 0 Å². The molecule has 2 rings (SSSR count). The summed E-state index contributed by atoms with van der Waals surface area (Å²) in [7, 11) is 0. The lowest BCUT2D eigenvalue weighted by molar-refractivity contribution is -0.127. The summed E-state index contributed by atoms with van der Waals surface area (Å²) in [5, 5.41) is 5.58. The maximum atomic E-state index is 12.3. The second-order valence-electron chi connectivity index (χ2n) is 5.73. The van der Waals surface area contributed by atoms with Crippen molar-refractivity contribution < 1.29 is 9.59 Å². The van der Waals surface area contributed by atoms with Gasteiger partial charge in [0.2, 0.25) is 11.8 Å². The molecule has 25 heavy (non-hydrogen) atoms. The third-order valence-electron chi connectivity index (χ3n) is 3.71. The summed E-state index contributed by atoms with van der Waals surface area (Å²) in [6.07, 6.45) is 3.14. The van der Waals surface area contributed by atoms with Crippen LogP contribution < -0.4 is 10.6 Å². The van der Waals surface area contributed by atoms with E-state index in [1.54, 1.807) is 13.0 Å². The lowest BCUT2D eigenvalue weighted by Crippen LogP contribution is -2.45. The molecule has 0 saturated heterocycles. The smallest absolute Gasteiger partial charge is 0.244 e. The minimum Gasteiger partial charge on any atom is -0.348 e. The fourth-order valence-electron chi connectivity index (χ4n) is 2.31. The number of hydrogen-bond acceptors (Lipinski definition) is 2. The zero-order valence-electron chi connectivity index (χ0n) is 14.2. The van der Waals surface area contributed by atoms with Gasteiger partial charge in [0, 0.05) is 10.5 Å². The Hall–Kier alpha value is -2.40. The predicted octanol–water partition coefficient (Wildman–Crippen LogP) is 3.84. The molecule has 0 radical (unpaired) electrons. The highest BCUT2D eigenvalue weighted by Gasteiger charge is 2.18. The number of carbonyl (C=O) groups is 2. The molecule has 4 nitrogen and oxygen atoms in total. The molecule has 0 saturated carbocycles. The molecule has 2 amide bonds. The quantitative estimate of drug-likeness (QED) is 0.723. The second kappa shape index (κ2) is 9.18. The summed E-state index contributed by atoms with van der Waals surface area (Å²) in [5.41, 5.74) is 1.91. The van der Waals surface area contributed by atoms with Gasteiger partial charge in [0.25, 0.3) is 0 Å². The van der Waals surface area contributed by atoms with Gasteiger partial charge in [-0.05, 0) is 37.1 Å². The van der Waals surface area contributed by atoms with Crippen LogP contribution in [0.4, 0.5) is 0 Å². The molecular weight excluding hydrogens is 380 g/mol. The van der Waals surface area contributed by atoms with Crippen molar-refractivity contribution in [3.05, 3.63) is 76.3 Å². The maximum Gasteiger partial charge on any atom is 0.244 e. The van der Waals surface area contributed by atoms with Gasteiger partial charge in [0.05, 0.1) is 6.04 Å². The van der Waals surface area contributed by atoms with Crippen molar-refractivity contribution in [1.29, 1.82) is 0 Å². The third-order valence-corrected chi connectivity index (χ3v) is 4.43. The minimum absolute atomic E-state index is 0.165. The zero-order valence-corrected chi connectivity index (χ0v) is 15.8. The number of hydrogen-bond donors (Lipinski definition) is 2. The zero-order chi connectivity index (χ0) is 18.2. The molecule has 0 heterocycles. The van der Waals surface area contributed by atoms with Gasteiger partial charge in [-0.2, -0.15) is 0 Å². The normalized spacial score (nSPS) is 13.2. The van der Waals surface area contributed by atoms with E-state index < -0.39 is 6.04 Å². The first-order chi connectivity index (χ1) is 12.0. The number of rotatable bonds is 6. The first-order valence-corrected chi connectivity index (χ1v) is 8.85. The lowest BCUT2D eigenvalue weighted by atomic mass is 10.1. The van der Waals surface area contributed by atoms with Crippen LogP contribution in [-0.4, -0.2) is 17.9 Å². The summed E-state index contributed by atoms with van der Waals surface area (Å²) >= 11 is 3.48. The molecule has 0 bridgehead atoms. The van der Waals surface area contributed by atoms with Gasteiger partial charge >= 0.3 is 0 Å². The number of carbonyl (C=O) groups excluding carboxylic acids is 2. The maximum absolute atomic E-state index is 12.3. The molecule has 2 aromatic carbocycles.